The fourth-order valence-electron chi connectivity index (χ4n) is 4.22. The van der Waals surface area contributed by atoms with Gasteiger partial charge in [-0.25, -0.2) is 0 Å². The van der Waals surface area contributed by atoms with Crippen LogP contribution in [0.4, 0.5) is 0 Å². The van der Waals surface area contributed by atoms with Gasteiger partial charge in [-0.3, -0.25) is 0 Å². The second kappa shape index (κ2) is 6.77. The summed E-state index contributed by atoms with van der Waals surface area (Å²) in [5.74, 6) is 4.26. The van der Waals surface area contributed by atoms with E-state index in [9.17, 15) is 0 Å². The molecule has 0 aromatic heterocycles. The van der Waals surface area contributed by atoms with Crippen LogP contribution in [0.25, 0.3) is 0 Å². The minimum Gasteiger partial charge on any atom is -0.0845 e. The normalized spacial score (nSPS) is 36.9. The van der Waals surface area contributed by atoms with E-state index in [0.29, 0.717) is 0 Å². The fourth-order valence-corrected chi connectivity index (χ4v) is 4.22. The van der Waals surface area contributed by atoms with Crippen molar-refractivity contribution in [3.8, 4) is 0 Å². The molecule has 0 aliphatic heterocycles. The third-order valence-electron chi connectivity index (χ3n) is 5.37. The van der Waals surface area contributed by atoms with E-state index in [1.807, 2.05) is 0 Å². The molecule has 19 heavy (non-hydrogen) atoms. The molecule has 0 radical (unpaired) electrons. The first kappa shape index (κ1) is 14.9. The Morgan fingerprint density at radius 3 is 2.47 bits per heavy atom. The minimum absolute atomic E-state index is 0.800. The Balaban J connectivity index is 2.27. The van der Waals surface area contributed by atoms with Gasteiger partial charge in [0.25, 0.3) is 0 Å². The zero-order chi connectivity index (χ0) is 13.8. The van der Waals surface area contributed by atoms with Gasteiger partial charge in [0.15, 0.2) is 0 Å². The highest BCUT2D eigenvalue weighted by molar-refractivity contribution is 5.24. The Bertz CT molecular complexity index is 332. The van der Waals surface area contributed by atoms with Gasteiger partial charge >= 0.3 is 0 Å². The molecule has 0 bridgehead atoms. The molecule has 3 atom stereocenters. The molecular formula is C19H32. The van der Waals surface area contributed by atoms with Crippen molar-refractivity contribution in [3.63, 3.8) is 0 Å². The van der Waals surface area contributed by atoms with Crippen LogP contribution < -0.4 is 0 Å². The number of hydrogen-bond donors (Lipinski definition) is 0. The van der Waals surface area contributed by atoms with Gasteiger partial charge in [0.1, 0.15) is 0 Å². The first-order chi connectivity index (χ1) is 9.11. The van der Waals surface area contributed by atoms with Crippen LogP contribution in [0.15, 0.2) is 23.8 Å². The average Bonchev–Trinajstić information content (AvgIpc) is 2.73. The van der Waals surface area contributed by atoms with E-state index in [0.717, 1.165) is 29.6 Å². The Morgan fingerprint density at radius 2 is 1.79 bits per heavy atom. The first-order valence-corrected chi connectivity index (χ1v) is 8.48. The molecule has 0 saturated heterocycles. The fraction of sp³-hybridized carbons (Fsp3) is 0.789. The number of fused-ring (bicyclic) bond motifs is 1. The molecule has 0 heterocycles. The van der Waals surface area contributed by atoms with Gasteiger partial charge in [-0.1, -0.05) is 64.3 Å². The Labute approximate surface area is 120 Å². The molecule has 2 aliphatic carbocycles. The summed E-state index contributed by atoms with van der Waals surface area (Å²) in [7, 11) is 0. The van der Waals surface area contributed by atoms with Gasteiger partial charge in [0.05, 0.1) is 0 Å². The molecule has 0 spiro atoms. The predicted octanol–water partition coefficient (Wildman–Crippen LogP) is 6.00. The summed E-state index contributed by atoms with van der Waals surface area (Å²) < 4.78 is 0. The van der Waals surface area contributed by atoms with Crippen molar-refractivity contribution in [1.29, 1.82) is 0 Å². The van der Waals surface area contributed by atoms with Crippen LogP contribution in [0.2, 0.25) is 0 Å². The first-order valence-electron chi connectivity index (χ1n) is 8.48. The minimum atomic E-state index is 0.800. The van der Waals surface area contributed by atoms with Crippen LogP contribution >= 0.6 is 0 Å². The Hall–Kier alpha value is -0.520. The Morgan fingerprint density at radius 1 is 1.00 bits per heavy atom. The highest BCUT2D eigenvalue weighted by Crippen LogP contribution is 2.49. The second-order valence-electron chi connectivity index (χ2n) is 7.33. The molecule has 0 heteroatoms. The van der Waals surface area contributed by atoms with Crippen LogP contribution in [-0.2, 0) is 0 Å². The lowest BCUT2D eigenvalue weighted by Gasteiger charge is -2.24. The van der Waals surface area contributed by atoms with Gasteiger partial charge in [-0.05, 0) is 55.3 Å². The standard InChI is InChI=1S/C19H32/c1-14(2)18-13-19(15(3)4)17-12-10-8-6-5-7-9-11-16(17)18/h7,9,11,14-15,17-19H,5-6,8,10,12-13H2,1-4H3/b9-7+,16-11+. The lowest BCUT2D eigenvalue weighted by molar-refractivity contribution is 0.284. The third-order valence-corrected chi connectivity index (χ3v) is 5.37. The number of hydrogen-bond acceptors (Lipinski definition) is 0. The summed E-state index contributed by atoms with van der Waals surface area (Å²) in [5.41, 5.74) is 1.78. The van der Waals surface area contributed by atoms with E-state index in [4.69, 9.17) is 0 Å². The van der Waals surface area contributed by atoms with Crippen LogP contribution in [0.5, 0.6) is 0 Å². The van der Waals surface area contributed by atoms with E-state index in [1.165, 1.54) is 38.5 Å². The molecular weight excluding hydrogens is 228 g/mol. The molecule has 1 fully saturated rings. The molecule has 0 aromatic carbocycles. The third kappa shape index (κ3) is 3.52. The van der Waals surface area contributed by atoms with Gasteiger partial charge in [0, 0.05) is 0 Å². The molecule has 108 valence electrons. The molecule has 0 N–H and O–H groups in total. The summed E-state index contributed by atoms with van der Waals surface area (Å²) >= 11 is 0. The number of allylic oxidation sites excluding steroid dienone is 4. The lowest BCUT2D eigenvalue weighted by atomic mass is 9.81. The summed E-state index contributed by atoms with van der Waals surface area (Å²) in [4.78, 5) is 0. The second-order valence-corrected chi connectivity index (χ2v) is 7.33. The zero-order valence-corrected chi connectivity index (χ0v) is 13.4. The van der Waals surface area contributed by atoms with E-state index in [1.54, 1.807) is 5.57 Å². The van der Waals surface area contributed by atoms with Crippen molar-refractivity contribution in [3.05, 3.63) is 23.8 Å². The SMILES string of the molecule is CC(C)C1CC(C(C)C)C2CCCCC/C=C/C=C/12. The van der Waals surface area contributed by atoms with Gasteiger partial charge < -0.3 is 0 Å². The van der Waals surface area contributed by atoms with E-state index in [-0.39, 0.29) is 0 Å². The summed E-state index contributed by atoms with van der Waals surface area (Å²) in [5, 5.41) is 0. The zero-order valence-electron chi connectivity index (χ0n) is 13.4. The molecule has 0 aromatic rings. The van der Waals surface area contributed by atoms with Crippen molar-refractivity contribution in [2.75, 3.05) is 0 Å². The predicted molar refractivity (Wildman–Crippen MR) is 85.1 cm³/mol. The van der Waals surface area contributed by atoms with Crippen LogP contribution in [-0.4, -0.2) is 0 Å². The highest BCUT2D eigenvalue weighted by Gasteiger charge is 2.40. The van der Waals surface area contributed by atoms with Gasteiger partial charge in [0.2, 0.25) is 0 Å². The highest BCUT2D eigenvalue weighted by atomic mass is 14.4. The quantitative estimate of drug-likeness (QED) is 0.571. The van der Waals surface area contributed by atoms with Crippen molar-refractivity contribution in [2.45, 2.75) is 66.2 Å². The molecule has 3 unspecified atom stereocenters. The molecule has 1 saturated carbocycles. The van der Waals surface area contributed by atoms with Crippen molar-refractivity contribution in [1.82, 2.24) is 0 Å². The molecule has 2 rings (SSSR count). The van der Waals surface area contributed by atoms with Crippen LogP contribution in [0.3, 0.4) is 0 Å². The van der Waals surface area contributed by atoms with Gasteiger partial charge in [-0.15, -0.1) is 0 Å². The van der Waals surface area contributed by atoms with Gasteiger partial charge in [-0.2, -0.15) is 0 Å². The smallest absolute Gasteiger partial charge is 0.0166 e. The van der Waals surface area contributed by atoms with Crippen molar-refractivity contribution >= 4 is 0 Å². The van der Waals surface area contributed by atoms with E-state index < -0.39 is 0 Å². The summed E-state index contributed by atoms with van der Waals surface area (Å²) in [6, 6.07) is 0. The lowest BCUT2D eigenvalue weighted by Crippen LogP contribution is -2.15. The molecule has 0 nitrogen and oxygen atoms in total. The maximum atomic E-state index is 2.49. The van der Waals surface area contributed by atoms with E-state index in [2.05, 4.69) is 45.9 Å². The van der Waals surface area contributed by atoms with Crippen LogP contribution in [0, 0.1) is 29.6 Å². The maximum absolute atomic E-state index is 2.49. The van der Waals surface area contributed by atoms with Crippen molar-refractivity contribution < 1.29 is 0 Å². The largest absolute Gasteiger partial charge is 0.0845 e. The monoisotopic (exact) mass is 260 g/mol. The van der Waals surface area contributed by atoms with Crippen molar-refractivity contribution in [2.24, 2.45) is 29.6 Å². The maximum Gasteiger partial charge on any atom is -0.0166 e. The topological polar surface area (TPSA) is 0 Å². The molecule has 0 amide bonds. The number of rotatable bonds is 2. The van der Waals surface area contributed by atoms with E-state index >= 15 is 0 Å². The summed E-state index contributed by atoms with van der Waals surface area (Å²) in [6.45, 7) is 9.68. The van der Waals surface area contributed by atoms with Crippen LogP contribution in [0.1, 0.15) is 66.2 Å². The summed E-state index contributed by atoms with van der Waals surface area (Å²) in [6.07, 6.45) is 15.6. The molecule has 2 aliphatic rings. The Kier molecular flexibility index (Phi) is 5.30. The average molecular weight is 260 g/mol.